The SMILES string of the molecule is O=c1cc[nH]c(=O)n1CCCCCO. The third-order valence-electron chi connectivity index (χ3n) is 1.98. The lowest BCUT2D eigenvalue weighted by Crippen LogP contribution is -2.33. The second kappa shape index (κ2) is 5.39. The number of nitrogens with one attached hydrogen (secondary N) is 1. The minimum absolute atomic E-state index is 0.153. The van der Waals surface area contributed by atoms with Gasteiger partial charge in [0.25, 0.3) is 5.56 Å². The van der Waals surface area contributed by atoms with E-state index in [0.29, 0.717) is 13.0 Å². The number of aromatic amines is 1. The third kappa shape index (κ3) is 2.85. The Balaban J connectivity index is 2.59. The van der Waals surface area contributed by atoms with Crippen LogP contribution in [0, 0.1) is 0 Å². The molecule has 0 radical (unpaired) electrons. The van der Waals surface area contributed by atoms with E-state index in [4.69, 9.17) is 5.11 Å². The van der Waals surface area contributed by atoms with Gasteiger partial charge in [-0.1, -0.05) is 0 Å². The lowest BCUT2D eigenvalue weighted by molar-refractivity contribution is 0.281. The smallest absolute Gasteiger partial charge is 0.328 e. The molecule has 2 N–H and O–H groups in total. The predicted octanol–water partition coefficient (Wildman–Crippen LogP) is -0.301. The van der Waals surface area contributed by atoms with Crippen molar-refractivity contribution in [2.45, 2.75) is 25.8 Å². The maximum absolute atomic E-state index is 11.2. The van der Waals surface area contributed by atoms with Gasteiger partial charge in [0, 0.05) is 25.4 Å². The quantitative estimate of drug-likeness (QED) is 0.638. The molecule has 0 saturated heterocycles. The van der Waals surface area contributed by atoms with Crippen LogP contribution in [0.1, 0.15) is 19.3 Å². The first kappa shape index (κ1) is 10.7. The fraction of sp³-hybridized carbons (Fsp3) is 0.556. The maximum atomic E-state index is 11.2. The van der Waals surface area contributed by atoms with Crippen LogP contribution in [0.15, 0.2) is 21.9 Å². The van der Waals surface area contributed by atoms with Gasteiger partial charge in [-0.3, -0.25) is 9.36 Å². The van der Waals surface area contributed by atoms with Crippen molar-refractivity contribution in [3.8, 4) is 0 Å². The van der Waals surface area contributed by atoms with E-state index in [2.05, 4.69) is 4.98 Å². The molecule has 0 atom stereocenters. The van der Waals surface area contributed by atoms with E-state index >= 15 is 0 Å². The van der Waals surface area contributed by atoms with Crippen molar-refractivity contribution in [2.75, 3.05) is 6.61 Å². The molecule has 0 saturated carbocycles. The number of nitrogens with zero attached hydrogens (tertiary/aromatic N) is 1. The lowest BCUT2D eigenvalue weighted by Gasteiger charge is -2.02. The fourth-order valence-electron chi connectivity index (χ4n) is 1.22. The van der Waals surface area contributed by atoms with Crippen molar-refractivity contribution in [1.82, 2.24) is 9.55 Å². The lowest BCUT2D eigenvalue weighted by atomic mass is 10.2. The first-order valence-corrected chi connectivity index (χ1v) is 4.65. The Kier molecular flexibility index (Phi) is 4.12. The number of hydrogen-bond acceptors (Lipinski definition) is 3. The average molecular weight is 198 g/mol. The van der Waals surface area contributed by atoms with Crippen LogP contribution in [0.5, 0.6) is 0 Å². The van der Waals surface area contributed by atoms with Gasteiger partial charge in [0.2, 0.25) is 0 Å². The highest BCUT2D eigenvalue weighted by Crippen LogP contribution is 1.94. The van der Waals surface area contributed by atoms with Gasteiger partial charge in [-0.15, -0.1) is 0 Å². The second-order valence-corrected chi connectivity index (χ2v) is 3.06. The highest BCUT2D eigenvalue weighted by molar-refractivity contribution is 4.82. The summed E-state index contributed by atoms with van der Waals surface area (Å²) >= 11 is 0. The van der Waals surface area contributed by atoms with Gasteiger partial charge >= 0.3 is 5.69 Å². The van der Waals surface area contributed by atoms with Crippen LogP contribution in [-0.2, 0) is 6.54 Å². The Labute approximate surface area is 81.0 Å². The van der Waals surface area contributed by atoms with Crippen LogP contribution in [0.25, 0.3) is 0 Å². The Morgan fingerprint density at radius 1 is 1.29 bits per heavy atom. The number of unbranched alkanes of at least 4 members (excludes halogenated alkanes) is 2. The minimum Gasteiger partial charge on any atom is -0.396 e. The molecule has 0 spiro atoms. The summed E-state index contributed by atoms with van der Waals surface area (Å²) in [4.78, 5) is 24.8. The summed E-state index contributed by atoms with van der Waals surface area (Å²) < 4.78 is 1.16. The Hall–Kier alpha value is -1.36. The van der Waals surface area contributed by atoms with Crippen LogP contribution >= 0.6 is 0 Å². The van der Waals surface area contributed by atoms with Gasteiger partial charge in [0.1, 0.15) is 0 Å². The zero-order valence-corrected chi connectivity index (χ0v) is 7.90. The van der Waals surface area contributed by atoms with Gasteiger partial charge in [-0.2, -0.15) is 0 Å². The molecular formula is C9H14N2O3. The predicted molar refractivity (Wildman–Crippen MR) is 52.3 cm³/mol. The molecule has 1 rings (SSSR count). The Bertz CT molecular complexity index is 352. The van der Waals surface area contributed by atoms with E-state index in [9.17, 15) is 9.59 Å². The highest BCUT2D eigenvalue weighted by Gasteiger charge is 1.98. The molecule has 0 amide bonds. The Morgan fingerprint density at radius 3 is 2.71 bits per heavy atom. The van der Waals surface area contributed by atoms with Crippen molar-refractivity contribution in [2.24, 2.45) is 0 Å². The van der Waals surface area contributed by atoms with Crippen molar-refractivity contribution < 1.29 is 5.11 Å². The van der Waals surface area contributed by atoms with Crippen LogP contribution < -0.4 is 11.2 Å². The summed E-state index contributed by atoms with van der Waals surface area (Å²) in [6.45, 7) is 0.565. The number of aliphatic hydroxyl groups excluding tert-OH is 1. The van der Waals surface area contributed by atoms with Crippen LogP contribution in [0.2, 0.25) is 0 Å². The van der Waals surface area contributed by atoms with Gasteiger partial charge < -0.3 is 10.1 Å². The molecule has 1 aromatic heterocycles. The molecule has 78 valence electrons. The van der Waals surface area contributed by atoms with Gasteiger partial charge in [0.15, 0.2) is 0 Å². The number of rotatable bonds is 5. The Morgan fingerprint density at radius 2 is 2.07 bits per heavy atom. The topological polar surface area (TPSA) is 75.1 Å². The molecule has 0 unspecified atom stereocenters. The summed E-state index contributed by atoms with van der Waals surface area (Å²) in [5, 5.41) is 8.54. The molecule has 0 aliphatic rings. The molecule has 1 aromatic rings. The molecule has 0 aliphatic heterocycles. The maximum Gasteiger partial charge on any atom is 0.328 e. The van der Waals surface area contributed by atoms with Crippen LogP contribution in [0.4, 0.5) is 0 Å². The molecule has 0 aromatic carbocycles. The monoisotopic (exact) mass is 198 g/mol. The summed E-state index contributed by atoms with van der Waals surface area (Å²) in [6, 6.07) is 1.33. The van der Waals surface area contributed by atoms with E-state index in [-0.39, 0.29) is 17.9 Å². The molecule has 5 nitrogen and oxygen atoms in total. The molecule has 0 fully saturated rings. The average Bonchev–Trinajstić information content (AvgIpc) is 2.16. The van der Waals surface area contributed by atoms with Crippen molar-refractivity contribution in [3.05, 3.63) is 33.1 Å². The fourth-order valence-corrected chi connectivity index (χ4v) is 1.22. The molecule has 14 heavy (non-hydrogen) atoms. The zero-order valence-electron chi connectivity index (χ0n) is 7.90. The third-order valence-corrected chi connectivity index (χ3v) is 1.98. The largest absolute Gasteiger partial charge is 0.396 e. The number of aromatic nitrogens is 2. The molecule has 0 bridgehead atoms. The molecule has 1 heterocycles. The summed E-state index contributed by atoms with van der Waals surface area (Å²) in [5.74, 6) is 0. The highest BCUT2D eigenvalue weighted by atomic mass is 16.3. The minimum atomic E-state index is -0.374. The first-order valence-electron chi connectivity index (χ1n) is 4.65. The van der Waals surface area contributed by atoms with Crippen LogP contribution in [-0.4, -0.2) is 21.3 Å². The van der Waals surface area contributed by atoms with E-state index in [1.54, 1.807) is 0 Å². The van der Waals surface area contributed by atoms with Gasteiger partial charge in [-0.25, -0.2) is 4.79 Å². The second-order valence-electron chi connectivity index (χ2n) is 3.06. The first-order chi connectivity index (χ1) is 6.75. The van der Waals surface area contributed by atoms with Crippen molar-refractivity contribution in [3.63, 3.8) is 0 Å². The standard InChI is InChI=1S/C9H14N2O3/c12-7-3-1-2-6-11-8(13)4-5-10-9(11)14/h4-5,12H,1-3,6-7H2,(H,10,14). The molecule has 0 aliphatic carbocycles. The molecular weight excluding hydrogens is 184 g/mol. The zero-order chi connectivity index (χ0) is 10.4. The summed E-state index contributed by atoms with van der Waals surface area (Å²) in [5.41, 5.74) is -0.653. The van der Waals surface area contributed by atoms with E-state index in [1.165, 1.54) is 12.3 Å². The van der Waals surface area contributed by atoms with E-state index < -0.39 is 0 Å². The number of hydrogen-bond donors (Lipinski definition) is 2. The van der Waals surface area contributed by atoms with Crippen molar-refractivity contribution in [1.29, 1.82) is 0 Å². The van der Waals surface area contributed by atoms with E-state index in [0.717, 1.165) is 17.4 Å². The van der Waals surface area contributed by atoms with E-state index in [1.807, 2.05) is 0 Å². The van der Waals surface area contributed by atoms with Gasteiger partial charge in [-0.05, 0) is 19.3 Å². The summed E-state index contributed by atoms with van der Waals surface area (Å²) in [7, 11) is 0. The summed E-state index contributed by atoms with van der Waals surface area (Å²) in [6.07, 6.45) is 3.60. The van der Waals surface area contributed by atoms with Crippen LogP contribution in [0.3, 0.4) is 0 Å². The number of aliphatic hydroxyl groups is 1. The van der Waals surface area contributed by atoms with Crippen molar-refractivity contribution >= 4 is 0 Å². The number of H-pyrrole nitrogens is 1. The van der Waals surface area contributed by atoms with Gasteiger partial charge in [0.05, 0.1) is 0 Å². The normalized spacial score (nSPS) is 10.4. The molecule has 5 heteroatoms.